The average Bonchev–Trinajstić information content (AvgIpc) is 2.49. The minimum atomic E-state index is -0.603. The minimum Gasteiger partial charge on any atom is -0.594 e. The molecule has 0 aliphatic heterocycles. The number of rotatable bonds is 4. The van der Waals surface area contributed by atoms with E-state index in [9.17, 15) is 25.4 Å². The van der Waals surface area contributed by atoms with E-state index in [0.717, 1.165) is 6.07 Å². The van der Waals surface area contributed by atoms with E-state index in [0.29, 0.717) is 11.1 Å². The second-order valence-electron chi connectivity index (χ2n) is 4.83. The van der Waals surface area contributed by atoms with Crippen LogP contribution in [0.3, 0.4) is 0 Å². The van der Waals surface area contributed by atoms with Crippen LogP contribution in [0.1, 0.15) is 11.1 Å². The molecule has 0 aliphatic carbocycles. The summed E-state index contributed by atoms with van der Waals surface area (Å²) in [4.78, 5) is 20.6. The lowest BCUT2D eigenvalue weighted by molar-refractivity contribution is -0.437. The van der Waals surface area contributed by atoms with E-state index >= 15 is 0 Å². The van der Waals surface area contributed by atoms with Crippen molar-refractivity contribution in [2.75, 3.05) is 0 Å². The number of nitro groups is 2. The van der Waals surface area contributed by atoms with Gasteiger partial charge in [-0.1, -0.05) is 0 Å². The standard InChI is InChI=1S/C14H12N4O5/c1-9-3-4-12(18(22)23)8-14(9)16(19)15-13-6-5-11(17(20)21)7-10(13)2/h3-8H,1-2H3. The first-order valence-corrected chi connectivity index (χ1v) is 6.48. The fourth-order valence-corrected chi connectivity index (χ4v) is 1.93. The molecule has 0 saturated heterocycles. The van der Waals surface area contributed by atoms with Gasteiger partial charge in [0.05, 0.1) is 15.9 Å². The summed E-state index contributed by atoms with van der Waals surface area (Å²) in [5.74, 6) is 0. The Morgan fingerprint density at radius 3 is 1.96 bits per heavy atom. The molecule has 0 amide bonds. The highest BCUT2D eigenvalue weighted by Gasteiger charge is 2.17. The van der Waals surface area contributed by atoms with E-state index in [2.05, 4.69) is 5.11 Å². The van der Waals surface area contributed by atoms with Crippen LogP contribution in [0.2, 0.25) is 0 Å². The molecule has 2 rings (SSSR count). The summed E-state index contributed by atoms with van der Waals surface area (Å²) < 4.78 is 0. The van der Waals surface area contributed by atoms with Crippen LogP contribution in [0.25, 0.3) is 0 Å². The van der Waals surface area contributed by atoms with Gasteiger partial charge in [-0.05, 0) is 36.4 Å². The highest BCUT2D eigenvalue weighted by molar-refractivity contribution is 5.51. The summed E-state index contributed by atoms with van der Waals surface area (Å²) in [5, 5.41) is 37.5. The smallest absolute Gasteiger partial charge is 0.276 e. The van der Waals surface area contributed by atoms with Crippen molar-refractivity contribution in [1.82, 2.24) is 0 Å². The Hall–Kier alpha value is -3.36. The number of non-ortho nitro benzene ring substituents is 2. The molecular formula is C14H12N4O5. The number of aryl methyl sites for hydroxylation is 2. The van der Waals surface area contributed by atoms with Gasteiger partial charge in [-0.15, -0.1) is 0 Å². The van der Waals surface area contributed by atoms with Crippen LogP contribution < -0.4 is 0 Å². The topological polar surface area (TPSA) is 125 Å². The van der Waals surface area contributed by atoms with Gasteiger partial charge in [0.1, 0.15) is 5.69 Å². The Kier molecular flexibility index (Phi) is 4.30. The van der Waals surface area contributed by atoms with E-state index in [-0.39, 0.29) is 27.6 Å². The second-order valence-corrected chi connectivity index (χ2v) is 4.83. The van der Waals surface area contributed by atoms with E-state index in [4.69, 9.17) is 0 Å². The average molecular weight is 316 g/mol. The Morgan fingerprint density at radius 1 is 0.826 bits per heavy atom. The molecule has 0 spiro atoms. The molecule has 2 aromatic carbocycles. The van der Waals surface area contributed by atoms with Gasteiger partial charge in [0.15, 0.2) is 0 Å². The summed E-state index contributed by atoms with van der Waals surface area (Å²) in [6, 6.07) is 7.77. The largest absolute Gasteiger partial charge is 0.594 e. The number of azo groups is 1. The molecule has 118 valence electrons. The molecule has 0 aliphatic rings. The molecule has 0 heterocycles. The maximum Gasteiger partial charge on any atom is 0.276 e. The lowest BCUT2D eigenvalue weighted by Gasteiger charge is -2.04. The van der Waals surface area contributed by atoms with E-state index < -0.39 is 9.85 Å². The normalized spacial score (nSPS) is 11.3. The van der Waals surface area contributed by atoms with Crippen molar-refractivity contribution >= 4 is 22.7 Å². The molecule has 0 atom stereocenters. The molecule has 9 nitrogen and oxygen atoms in total. The van der Waals surface area contributed by atoms with Crippen molar-refractivity contribution in [2.45, 2.75) is 13.8 Å². The maximum atomic E-state index is 12.2. The van der Waals surface area contributed by atoms with Crippen LogP contribution in [0.15, 0.2) is 41.5 Å². The number of benzene rings is 2. The zero-order valence-corrected chi connectivity index (χ0v) is 12.3. The molecule has 0 bridgehead atoms. The fourth-order valence-electron chi connectivity index (χ4n) is 1.93. The lowest BCUT2D eigenvalue weighted by Crippen LogP contribution is -1.97. The SMILES string of the molecule is Cc1cc([N+](=O)[O-])ccc1N=[N+]([O-])c1cc([N+](=O)[O-])ccc1C. The van der Waals surface area contributed by atoms with Crippen LogP contribution in [0.4, 0.5) is 22.7 Å². The molecular weight excluding hydrogens is 304 g/mol. The highest BCUT2D eigenvalue weighted by Crippen LogP contribution is 2.28. The zero-order valence-electron chi connectivity index (χ0n) is 12.3. The number of hydrogen-bond donors (Lipinski definition) is 0. The van der Waals surface area contributed by atoms with E-state index in [1.165, 1.54) is 30.3 Å². The third-order valence-corrected chi connectivity index (χ3v) is 3.20. The van der Waals surface area contributed by atoms with Gasteiger partial charge in [-0.25, -0.2) is 0 Å². The van der Waals surface area contributed by atoms with Gasteiger partial charge < -0.3 is 5.21 Å². The van der Waals surface area contributed by atoms with Gasteiger partial charge in [-0.2, -0.15) is 0 Å². The molecule has 9 heteroatoms. The first kappa shape index (κ1) is 16.0. The third-order valence-electron chi connectivity index (χ3n) is 3.20. The van der Waals surface area contributed by atoms with E-state index in [1.54, 1.807) is 13.8 Å². The van der Waals surface area contributed by atoms with Crippen molar-refractivity contribution in [3.8, 4) is 0 Å². The van der Waals surface area contributed by atoms with Crippen LogP contribution in [0, 0.1) is 39.3 Å². The Labute approximate surface area is 130 Å². The molecule has 0 radical (unpaired) electrons. The van der Waals surface area contributed by atoms with Crippen molar-refractivity contribution in [3.05, 3.63) is 73.0 Å². The fraction of sp³-hybridized carbons (Fsp3) is 0.143. The lowest BCUT2D eigenvalue weighted by atomic mass is 10.2. The minimum absolute atomic E-state index is 0.0388. The third kappa shape index (κ3) is 3.46. The zero-order chi connectivity index (χ0) is 17.1. The van der Waals surface area contributed by atoms with Crippen molar-refractivity contribution in [3.63, 3.8) is 0 Å². The van der Waals surface area contributed by atoms with Crippen LogP contribution in [-0.2, 0) is 0 Å². The number of hydrogen-bond acceptors (Lipinski definition) is 6. The van der Waals surface area contributed by atoms with Gasteiger partial charge in [0, 0.05) is 28.9 Å². The van der Waals surface area contributed by atoms with Gasteiger partial charge in [-0.3, -0.25) is 20.2 Å². The van der Waals surface area contributed by atoms with Crippen molar-refractivity contribution in [2.24, 2.45) is 5.11 Å². The molecule has 0 aromatic heterocycles. The van der Waals surface area contributed by atoms with Crippen molar-refractivity contribution in [1.29, 1.82) is 0 Å². The number of nitrogens with zero attached hydrogens (tertiary/aromatic N) is 4. The Balaban J connectivity index is 2.46. The monoisotopic (exact) mass is 316 g/mol. The van der Waals surface area contributed by atoms with Crippen LogP contribution >= 0.6 is 0 Å². The van der Waals surface area contributed by atoms with Crippen LogP contribution in [-0.4, -0.2) is 14.7 Å². The summed E-state index contributed by atoms with van der Waals surface area (Å²) in [6.07, 6.45) is 0. The van der Waals surface area contributed by atoms with Crippen molar-refractivity contribution < 1.29 is 14.7 Å². The van der Waals surface area contributed by atoms with E-state index in [1.807, 2.05) is 0 Å². The van der Waals surface area contributed by atoms with Gasteiger partial charge in [0.2, 0.25) is 0 Å². The Bertz CT molecular complexity index is 832. The number of nitro benzene ring substituents is 2. The predicted molar refractivity (Wildman–Crippen MR) is 81.0 cm³/mol. The quantitative estimate of drug-likeness (QED) is 0.364. The first-order valence-electron chi connectivity index (χ1n) is 6.48. The summed E-state index contributed by atoms with van der Waals surface area (Å²) in [6.45, 7) is 3.21. The summed E-state index contributed by atoms with van der Waals surface area (Å²) >= 11 is 0. The molecule has 2 aromatic rings. The Morgan fingerprint density at radius 2 is 1.39 bits per heavy atom. The van der Waals surface area contributed by atoms with Crippen LogP contribution in [0.5, 0.6) is 0 Å². The summed E-state index contributed by atoms with van der Waals surface area (Å²) in [5.41, 5.74) is 0.929. The molecule has 0 fully saturated rings. The maximum absolute atomic E-state index is 12.2. The molecule has 23 heavy (non-hydrogen) atoms. The molecule has 0 saturated carbocycles. The summed E-state index contributed by atoms with van der Waals surface area (Å²) in [7, 11) is 0. The first-order chi connectivity index (χ1) is 10.8. The molecule has 0 unspecified atom stereocenters. The van der Waals surface area contributed by atoms with Gasteiger partial charge in [0.25, 0.3) is 17.1 Å². The van der Waals surface area contributed by atoms with Gasteiger partial charge >= 0.3 is 0 Å². The highest BCUT2D eigenvalue weighted by atomic mass is 16.6. The second kappa shape index (κ2) is 6.18. The predicted octanol–water partition coefficient (Wildman–Crippen LogP) is 4.05. The molecule has 0 N–H and O–H groups in total.